The van der Waals surface area contributed by atoms with Gasteiger partial charge in [-0.15, -0.1) is 0 Å². The maximum absolute atomic E-state index is 11.8. The topological polar surface area (TPSA) is 52.3 Å². The molecule has 2 aromatic carbocycles. The van der Waals surface area contributed by atoms with Gasteiger partial charge in [0.2, 0.25) is 0 Å². The van der Waals surface area contributed by atoms with Crippen molar-refractivity contribution in [1.82, 2.24) is 0 Å². The molecule has 1 aliphatic carbocycles. The van der Waals surface area contributed by atoms with E-state index < -0.39 is 0 Å². The van der Waals surface area contributed by atoms with E-state index in [-0.39, 0.29) is 11.9 Å². The first-order valence-electron chi connectivity index (χ1n) is 7.75. The van der Waals surface area contributed by atoms with E-state index >= 15 is 0 Å². The number of benzene rings is 2. The molecular weight excluding hydrogens is 274 g/mol. The van der Waals surface area contributed by atoms with Crippen LogP contribution in [0.1, 0.15) is 46.3 Å². The largest absolute Gasteiger partial charge is 0.465 e. The van der Waals surface area contributed by atoms with Gasteiger partial charge in [-0.2, -0.15) is 0 Å². The normalized spacial score (nSPS) is 15.3. The highest BCUT2D eigenvalue weighted by molar-refractivity contribution is 5.92. The fraction of sp³-hybridized carbons (Fsp3) is 0.316. The lowest BCUT2D eigenvalue weighted by Crippen LogP contribution is -2.08. The number of fused-ring (bicyclic) bond motifs is 3. The number of ether oxygens (including phenoxy) is 1. The molecule has 22 heavy (non-hydrogen) atoms. The molecule has 0 bridgehead atoms. The SMILES string of the molecule is CCc1ccc2c(c1)C(CCN)c1cc(C(=O)OC)ccc1-2. The third-order valence-corrected chi connectivity index (χ3v) is 4.49. The number of hydrogen-bond acceptors (Lipinski definition) is 3. The Balaban J connectivity index is 2.14. The smallest absolute Gasteiger partial charge is 0.337 e. The molecule has 0 aliphatic heterocycles. The summed E-state index contributed by atoms with van der Waals surface area (Å²) in [4.78, 5) is 11.8. The molecule has 0 amide bonds. The summed E-state index contributed by atoms with van der Waals surface area (Å²) in [5.41, 5.74) is 12.8. The molecule has 0 aromatic heterocycles. The van der Waals surface area contributed by atoms with Crippen LogP contribution in [0.5, 0.6) is 0 Å². The minimum atomic E-state index is -0.292. The van der Waals surface area contributed by atoms with Crippen molar-refractivity contribution in [2.24, 2.45) is 5.73 Å². The maximum atomic E-state index is 11.8. The van der Waals surface area contributed by atoms with E-state index in [1.807, 2.05) is 18.2 Å². The van der Waals surface area contributed by atoms with Gasteiger partial charge in [-0.25, -0.2) is 4.79 Å². The van der Waals surface area contributed by atoms with Crippen LogP contribution in [0.15, 0.2) is 36.4 Å². The second-order valence-corrected chi connectivity index (χ2v) is 5.70. The summed E-state index contributed by atoms with van der Waals surface area (Å²) >= 11 is 0. The Hall–Kier alpha value is -2.13. The molecule has 0 saturated heterocycles. The molecule has 114 valence electrons. The average molecular weight is 295 g/mol. The molecule has 0 spiro atoms. The van der Waals surface area contributed by atoms with Gasteiger partial charge in [-0.3, -0.25) is 0 Å². The van der Waals surface area contributed by atoms with Crippen LogP contribution in [-0.2, 0) is 11.2 Å². The van der Waals surface area contributed by atoms with Crippen molar-refractivity contribution in [2.45, 2.75) is 25.7 Å². The van der Waals surface area contributed by atoms with Gasteiger partial charge in [-0.1, -0.05) is 31.2 Å². The van der Waals surface area contributed by atoms with Gasteiger partial charge < -0.3 is 10.5 Å². The average Bonchev–Trinajstić information content (AvgIpc) is 2.87. The van der Waals surface area contributed by atoms with Crippen molar-refractivity contribution in [2.75, 3.05) is 13.7 Å². The number of methoxy groups -OCH3 is 1. The zero-order valence-corrected chi connectivity index (χ0v) is 13.1. The Bertz CT molecular complexity index is 721. The van der Waals surface area contributed by atoms with Gasteiger partial charge in [0, 0.05) is 5.92 Å². The molecule has 2 aromatic rings. The van der Waals surface area contributed by atoms with Crippen LogP contribution in [0, 0.1) is 0 Å². The van der Waals surface area contributed by atoms with Gasteiger partial charge in [-0.05, 0) is 59.3 Å². The molecule has 3 heteroatoms. The molecule has 1 atom stereocenters. The van der Waals surface area contributed by atoms with Gasteiger partial charge in [0.15, 0.2) is 0 Å². The van der Waals surface area contributed by atoms with Crippen molar-refractivity contribution in [3.63, 3.8) is 0 Å². The molecule has 0 saturated carbocycles. The number of carbonyl (C=O) groups excluding carboxylic acids is 1. The lowest BCUT2D eigenvalue weighted by Gasteiger charge is -2.13. The van der Waals surface area contributed by atoms with Crippen molar-refractivity contribution < 1.29 is 9.53 Å². The van der Waals surface area contributed by atoms with Crippen LogP contribution in [0.3, 0.4) is 0 Å². The van der Waals surface area contributed by atoms with Crippen LogP contribution in [0.4, 0.5) is 0 Å². The Morgan fingerprint density at radius 1 is 1.14 bits per heavy atom. The number of aryl methyl sites for hydroxylation is 1. The molecule has 3 rings (SSSR count). The maximum Gasteiger partial charge on any atom is 0.337 e. The summed E-state index contributed by atoms with van der Waals surface area (Å²) < 4.78 is 4.84. The monoisotopic (exact) mass is 295 g/mol. The van der Waals surface area contributed by atoms with E-state index in [1.54, 1.807) is 0 Å². The number of hydrogen-bond donors (Lipinski definition) is 1. The Kier molecular flexibility index (Phi) is 3.99. The van der Waals surface area contributed by atoms with Crippen molar-refractivity contribution in [3.8, 4) is 11.1 Å². The van der Waals surface area contributed by atoms with Crippen LogP contribution >= 0.6 is 0 Å². The van der Waals surface area contributed by atoms with Crippen molar-refractivity contribution >= 4 is 5.97 Å². The van der Waals surface area contributed by atoms with Crippen molar-refractivity contribution in [3.05, 3.63) is 58.7 Å². The minimum Gasteiger partial charge on any atom is -0.465 e. The van der Waals surface area contributed by atoms with E-state index in [1.165, 1.54) is 34.9 Å². The first-order chi connectivity index (χ1) is 10.7. The lowest BCUT2D eigenvalue weighted by atomic mass is 9.91. The minimum absolute atomic E-state index is 0.270. The molecular formula is C19H21NO2. The molecule has 3 nitrogen and oxygen atoms in total. The predicted octanol–water partition coefficient (Wildman–Crippen LogP) is 3.50. The fourth-order valence-electron chi connectivity index (χ4n) is 3.35. The summed E-state index contributed by atoms with van der Waals surface area (Å²) in [6.45, 7) is 2.79. The van der Waals surface area contributed by atoms with E-state index in [0.29, 0.717) is 12.1 Å². The highest BCUT2D eigenvalue weighted by Gasteiger charge is 2.29. The summed E-state index contributed by atoms with van der Waals surface area (Å²) in [6.07, 6.45) is 1.91. The third-order valence-electron chi connectivity index (χ3n) is 4.49. The Morgan fingerprint density at radius 2 is 1.82 bits per heavy atom. The highest BCUT2D eigenvalue weighted by Crippen LogP contribution is 2.46. The summed E-state index contributed by atoms with van der Waals surface area (Å²) in [7, 11) is 1.41. The third kappa shape index (κ3) is 2.32. The quantitative estimate of drug-likeness (QED) is 0.878. The van der Waals surface area contributed by atoms with Crippen molar-refractivity contribution in [1.29, 1.82) is 0 Å². The van der Waals surface area contributed by atoms with E-state index in [4.69, 9.17) is 10.5 Å². The summed E-state index contributed by atoms with van der Waals surface area (Å²) in [5, 5.41) is 0. The number of nitrogens with two attached hydrogens (primary N) is 1. The van der Waals surface area contributed by atoms with Gasteiger partial charge in [0.1, 0.15) is 0 Å². The van der Waals surface area contributed by atoms with Gasteiger partial charge >= 0.3 is 5.97 Å². The van der Waals surface area contributed by atoms with Crippen LogP contribution in [0.2, 0.25) is 0 Å². The zero-order valence-electron chi connectivity index (χ0n) is 13.1. The molecule has 0 heterocycles. The molecule has 0 radical (unpaired) electrons. The number of rotatable bonds is 4. The molecule has 0 fully saturated rings. The second kappa shape index (κ2) is 5.93. The van der Waals surface area contributed by atoms with Crippen LogP contribution in [-0.4, -0.2) is 19.6 Å². The standard InChI is InChI=1S/C19H21NO2/c1-3-12-4-6-14-15-7-5-13(19(21)22-2)11-18(15)16(8-9-20)17(14)10-12/h4-7,10-11,16H,3,8-9,20H2,1-2H3. The van der Waals surface area contributed by atoms with Gasteiger partial charge in [0.05, 0.1) is 12.7 Å². The first kappa shape index (κ1) is 14.8. The lowest BCUT2D eigenvalue weighted by molar-refractivity contribution is 0.0600. The highest BCUT2D eigenvalue weighted by atomic mass is 16.5. The van der Waals surface area contributed by atoms with Crippen LogP contribution in [0.25, 0.3) is 11.1 Å². The zero-order chi connectivity index (χ0) is 15.7. The van der Waals surface area contributed by atoms with Gasteiger partial charge in [0.25, 0.3) is 0 Å². The number of carbonyl (C=O) groups is 1. The molecule has 1 unspecified atom stereocenters. The predicted molar refractivity (Wildman–Crippen MR) is 88.1 cm³/mol. The fourth-order valence-corrected chi connectivity index (χ4v) is 3.35. The molecule has 1 aliphatic rings. The second-order valence-electron chi connectivity index (χ2n) is 5.70. The first-order valence-corrected chi connectivity index (χ1v) is 7.75. The molecule has 2 N–H and O–H groups in total. The van der Waals surface area contributed by atoms with E-state index in [2.05, 4.69) is 25.1 Å². The van der Waals surface area contributed by atoms with E-state index in [9.17, 15) is 4.79 Å². The summed E-state index contributed by atoms with van der Waals surface area (Å²) in [6, 6.07) is 12.5. The number of esters is 1. The Morgan fingerprint density at radius 3 is 2.45 bits per heavy atom. The summed E-state index contributed by atoms with van der Waals surface area (Å²) in [5.74, 6) is -0.0226. The van der Waals surface area contributed by atoms with E-state index in [0.717, 1.165) is 12.8 Å². The Labute approximate surface area is 131 Å². The van der Waals surface area contributed by atoms with Crippen LogP contribution < -0.4 is 5.73 Å².